The van der Waals surface area contributed by atoms with Crippen LogP contribution in [0.15, 0.2) is 47.1 Å². The van der Waals surface area contributed by atoms with Crippen LogP contribution in [-0.4, -0.2) is 41.6 Å². The summed E-state index contributed by atoms with van der Waals surface area (Å²) in [5.74, 6) is 0.651. The predicted octanol–water partition coefficient (Wildman–Crippen LogP) is 3.18. The summed E-state index contributed by atoms with van der Waals surface area (Å²) in [6, 6.07) is 7.20. The summed E-state index contributed by atoms with van der Waals surface area (Å²) in [5, 5.41) is 2.50. The number of methoxy groups -OCH3 is 1. The average Bonchev–Trinajstić information content (AvgIpc) is 3.40. The van der Waals surface area contributed by atoms with Crippen LogP contribution in [0.4, 0.5) is 9.93 Å². The molecule has 0 bridgehead atoms. The van der Waals surface area contributed by atoms with Crippen molar-refractivity contribution in [3.63, 3.8) is 0 Å². The zero-order valence-corrected chi connectivity index (χ0v) is 15.9. The smallest absolute Gasteiger partial charge is 0.414 e. The van der Waals surface area contributed by atoms with Gasteiger partial charge < -0.3 is 9.47 Å². The molecule has 7 nitrogen and oxygen atoms in total. The van der Waals surface area contributed by atoms with Crippen LogP contribution in [-0.2, 0) is 16.1 Å². The number of thiazole rings is 1. The molecule has 0 spiro atoms. The van der Waals surface area contributed by atoms with Crippen molar-refractivity contribution in [3.05, 3.63) is 52.7 Å². The van der Waals surface area contributed by atoms with E-state index in [9.17, 15) is 9.59 Å². The monoisotopic (exact) mass is 385 g/mol. The van der Waals surface area contributed by atoms with Gasteiger partial charge in [-0.15, -0.1) is 11.3 Å². The number of ether oxygens (including phenoxy) is 2. The first-order valence-electron chi connectivity index (χ1n) is 8.61. The lowest BCUT2D eigenvalue weighted by Crippen LogP contribution is -2.34. The van der Waals surface area contributed by atoms with E-state index in [1.54, 1.807) is 30.0 Å². The van der Waals surface area contributed by atoms with E-state index in [0.29, 0.717) is 23.7 Å². The van der Waals surface area contributed by atoms with Crippen LogP contribution in [0.2, 0.25) is 0 Å². The van der Waals surface area contributed by atoms with Crippen molar-refractivity contribution < 1.29 is 19.1 Å². The highest BCUT2D eigenvalue weighted by molar-refractivity contribution is 7.13. The fraction of sp³-hybridized carbons (Fsp3) is 0.316. The quantitative estimate of drug-likeness (QED) is 0.808. The van der Waals surface area contributed by atoms with Crippen LogP contribution in [0.1, 0.15) is 18.9 Å². The molecule has 8 heteroatoms. The van der Waals surface area contributed by atoms with Gasteiger partial charge in [-0.25, -0.2) is 9.78 Å². The van der Waals surface area contributed by atoms with E-state index in [2.05, 4.69) is 4.98 Å². The maximum atomic E-state index is 12.7. The first-order chi connectivity index (χ1) is 13.1. The van der Waals surface area contributed by atoms with E-state index >= 15 is 0 Å². The Kier molecular flexibility index (Phi) is 4.57. The lowest BCUT2D eigenvalue weighted by Gasteiger charge is -2.21. The molecule has 2 aromatic rings. The van der Waals surface area contributed by atoms with Crippen molar-refractivity contribution in [2.45, 2.75) is 26.0 Å². The van der Waals surface area contributed by atoms with Crippen LogP contribution in [0.25, 0.3) is 0 Å². The van der Waals surface area contributed by atoms with Gasteiger partial charge in [-0.1, -0.05) is 12.1 Å². The Morgan fingerprint density at radius 1 is 1.33 bits per heavy atom. The summed E-state index contributed by atoms with van der Waals surface area (Å²) in [6.07, 6.45) is 1.92. The number of amides is 2. The average molecular weight is 385 g/mol. The summed E-state index contributed by atoms with van der Waals surface area (Å²) in [6.45, 7) is 2.45. The van der Waals surface area contributed by atoms with Crippen molar-refractivity contribution in [2.75, 3.05) is 18.6 Å². The largest absolute Gasteiger partial charge is 0.497 e. The third-order valence-corrected chi connectivity index (χ3v) is 5.61. The fourth-order valence-corrected chi connectivity index (χ4v) is 4.20. The predicted molar refractivity (Wildman–Crippen MR) is 101 cm³/mol. The maximum absolute atomic E-state index is 12.7. The molecule has 1 fully saturated rings. The van der Waals surface area contributed by atoms with Crippen molar-refractivity contribution in [1.29, 1.82) is 0 Å². The first-order valence-corrected chi connectivity index (χ1v) is 9.49. The van der Waals surface area contributed by atoms with Crippen LogP contribution in [0.5, 0.6) is 5.75 Å². The molecular weight excluding hydrogens is 366 g/mol. The highest BCUT2D eigenvalue weighted by atomic mass is 32.1. The van der Waals surface area contributed by atoms with Gasteiger partial charge in [-0.3, -0.25) is 14.6 Å². The van der Waals surface area contributed by atoms with Gasteiger partial charge in [0.15, 0.2) is 5.13 Å². The van der Waals surface area contributed by atoms with E-state index in [0.717, 1.165) is 17.0 Å². The van der Waals surface area contributed by atoms with Gasteiger partial charge in [0.2, 0.25) is 0 Å². The van der Waals surface area contributed by atoms with Crippen LogP contribution in [0, 0.1) is 0 Å². The lowest BCUT2D eigenvalue weighted by molar-refractivity contribution is -0.114. The molecule has 2 aliphatic heterocycles. The molecule has 0 radical (unpaired) electrons. The molecule has 0 aliphatic carbocycles. The molecule has 3 heterocycles. The molecule has 1 saturated heterocycles. The SMILES string of the molecule is COc1ccc(COC(=O)N2CC[C@H]3C2=C(C)C(=O)N3c2nccs2)cc1. The molecule has 27 heavy (non-hydrogen) atoms. The Morgan fingerprint density at radius 2 is 2.11 bits per heavy atom. The van der Waals surface area contributed by atoms with E-state index in [-0.39, 0.29) is 18.6 Å². The Bertz CT molecular complexity index is 892. The Balaban J connectivity index is 1.46. The summed E-state index contributed by atoms with van der Waals surface area (Å²) >= 11 is 1.42. The van der Waals surface area contributed by atoms with Crippen molar-refractivity contribution >= 4 is 28.5 Å². The van der Waals surface area contributed by atoms with Crippen molar-refractivity contribution in [2.24, 2.45) is 0 Å². The molecule has 140 valence electrons. The van der Waals surface area contributed by atoms with E-state index in [1.807, 2.05) is 29.6 Å². The van der Waals surface area contributed by atoms with Gasteiger partial charge in [0.05, 0.1) is 18.8 Å². The number of fused-ring (bicyclic) bond motifs is 1. The summed E-state index contributed by atoms with van der Waals surface area (Å²) in [5.41, 5.74) is 2.18. The van der Waals surface area contributed by atoms with Crippen LogP contribution < -0.4 is 9.64 Å². The number of anilines is 1. The number of nitrogens with zero attached hydrogens (tertiary/aromatic N) is 3. The van der Waals surface area contributed by atoms with Crippen LogP contribution >= 0.6 is 11.3 Å². The maximum Gasteiger partial charge on any atom is 0.414 e. The molecule has 1 aromatic heterocycles. The summed E-state index contributed by atoms with van der Waals surface area (Å²) in [7, 11) is 1.60. The summed E-state index contributed by atoms with van der Waals surface area (Å²) in [4.78, 5) is 32.8. The number of carbonyl (C=O) groups is 2. The summed E-state index contributed by atoms with van der Waals surface area (Å²) < 4.78 is 10.6. The highest BCUT2D eigenvalue weighted by Gasteiger charge is 2.47. The number of hydrogen-bond donors (Lipinski definition) is 0. The zero-order chi connectivity index (χ0) is 19.0. The topological polar surface area (TPSA) is 72.0 Å². The van der Waals surface area contributed by atoms with Crippen molar-refractivity contribution in [1.82, 2.24) is 9.88 Å². The third kappa shape index (κ3) is 3.06. The number of carbonyl (C=O) groups excluding carboxylic acids is 2. The molecule has 0 N–H and O–H groups in total. The Labute approximate surface area is 160 Å². The normalized spacial score (nSPS) is 18.9. The zero-order valence-electron chi connectivity index (χ0n) is 15.0. The van der Waals surface area contributed by atoms with E-state index in [1.165, 1.54) is 11.3 Å². The van der Waals surface area contributed by atoms with E-state index < -0.39 is 6.09 Å². The molecule has 0 unspecified atom stereocenters. The number of likely N-dealkylation sites (tertiary alicyclic amines) is 1. The van der Waals surface area contributed by atoms with Gasteiger partial charge >= 0.3 is 6.09 Å². The molecule has 1 aromatic carbocycles. The molecule has 2 aliphatic rings. The second kappa shape index (κ2) is 7.03. The minimum absolute atomic E-state index is 0.0994. The minimum atomic E-state index is -0.434. The van der Waals surface area contributed by atoms with Crippen LogP contribution in [0.3, 0.4) is 0 Å². The van der Waals surface area contributed by atoms with Gasteiger partial charge in [-0.2, -0.15) is 0 Å². The number of aromatic nitrogens is 1. The standard InChI is InChI=1S/C19H19N3O4S/c1-12-16-15(22(17(12)23)18-20-8-10-27-18)7-9-21(16)19(24)26-11-13-3-5-14(25-2)6-4-13/h3-6,8,10,15H,7,9,11H2,1-2H3/t15-/m0/s1. The molecular formula is C19H19N3O4S. The highest BCUT2D eigenvalue weighted by Crippen LogP contribution is 2.39. The molecule has 4 rings (SSSR count). The number of hydrogen-bond acceptors (Lipinski definition) is 6. The Hall–Kier alpha value is -2.87. The Morgan fingerprint density at radius 3 is 2.78 bits per heavy atom. The number of benzene rings is 1. The minimum Gasteiger partial charge on any atom is -0.497 e. The second-order valence-electron chi connectivity index (χ2n) is 6.36. The second-order valence-corrected chi connectivity index (χ2v) is 7.23. The lowest BCUT2D eigenvalue weighted by atomic mass is 10.2. The molecule has 2 amide bonds. The molecule has 0 saturated carbocycles. The molecule has 1 atom stereocenters. The number of rotatable bonds is 4. The van der Waals surface area contributed by atoms with E-state index in [4.69, 9.17) is 9.47 Å². The van der Waals surface area contributed by atoms with Gasteiger partial charge in [0.25, 0.3) is 5.91 Å². The van der Waals surface area contributed by atoms with Gasteiger partial charge in [-0.05, 0) is 31.0 Å². The fourth-order valence-electron chi connectivity index (χ4n) is 3.51. The first kappa shape index (κ1) is 17.5. The van der Waals surface area contributed by atoms with Gasteiger partial charge in [0.1, 0.15) is 12.4 Å². The van der Waals surface area contributed by atoms with Crippen molar-refractivity contribution in [3.8, 4) is 5.75 Å². The third-order valence-electron chi connectivity index (χ3n) is 4.84. The van der Waals surface area contributed by atoms with Gasteiger partial charge in [0, 0.05) is 23.7 Å².